The van der Waals surface area contributed by atoms with Gasteiger partial charge < -0.3 is 9.80 Å². The summed E-state index contributed by atoms with van der Waals surface area (Å²) in [5.41, 5.74) is 2.52. The Morgan fingerprint density at radius 3 is 1.69 bits per heavy atom. The molecule has 0 spiro atoms. The van der Waals surface area contributed by atoms with E-state index in [1.54, 1.807) is 0 Å². The molecule has 0 N–H and O–H groups in total. The summed E-state index contributed by atoms with van der Waals surface area (Å²) in [7, 11) is 8.30. The van der Waals surface area contributed by atoms with Crippen LogP contribution in [0, 0.1) is 6.07 Å². The van der Waals surface area contributed by atoms with Crippen molar-refractivity contribution in [1.82, 2.24) is 9.80 Å². The van der Waals surface area contributed by atoms with Crippen LogP contribution in [-0.2, 0) is 30.8 Å². The third kappa shape index (κ3) is 7.56. The van der Waals surface area contributed by atoms with Crippen LogP contribution in [0.3, 0.4) is 0 Å². The average Bonchev–Trinajstić information content (AvgIpc) is 2.19. The van der Waals surface area contributed by atoms with Gasteiger partial charge in [-0.2, -0.15) is 24.3 Å². The first kappa shape index (κ1) is 16.3. The molecule has 0 fully saturated rings. The summed E-state index contributed by atoms with van der Waals surface area (Å²) in [5, 5.41) is 0. The standard InChI is InChI=1S/C12H19N2.BrH.Pt/c1-13(2)9-11-6-5-7-12(8-11)10-14(3)4;;/h5-7H,9-10H2,1-4H3;1H;/q-1;;+2/p-1. The first-order valence-electron chi connectivity index (χ1n) is 4.99. The van der Waals surface area contributed by atoms with Gasteiger partial charge in [-0.05, 0) is 28.2 Å². The average molecular weight is 466 g/mol. The third-order valence-corrected chi connectivity index (χ3v) is 1.89. The van der Waals surface area contributed by atoms with Gasteiger partial charge in [0.1, 0.15) is 0 Å². The van der Waals surface area contributed by atoms with E-state index in [2.05, 4.69) is 75.6 Å². The Morgan fingerprint density at radius 2 is 1.38 bits per heavy atom. The van der Waals surface area contributed by atoms with Crippen LogP contribution in [0.15, 0.2) is 18.2 Å². The molecule has 2 nitrogen and oxygen atoms in total. The number of nitrogens with zero attached hydrogens (tertiary/aromatic N) is 2. The van der Waals surface area contributed by atoms with Crippen LogP contribution in [0.25, 0.3) is 0 Å². The number of rotatable bonds is 4. The molecule has 16 heavy (non-hydrogen) atoms. The Morgan fingerprint density at radius 1 is 1.00 bits per heavy atom. The van der Waals surface area contributed by atoms with Gasteiger partial charge in [-0.3, -0.25) is 0 Å². The van der Waals surface area contributed by atoms with Crippen LogP contribution in [-0.4, -0.2) is 38.0 Å². The Labute approximate surface area is 117 Å². The molecule has 0 atom stereocenters. The molecule has 0 heterocycles. The predicted octanol–water partition coefficient (Wildman–Crippen LogP) is 2.45. The molecular weight excluding hydrogens is 447 g/mol. The fourth-order valence-electron chi connectivity index (χ4n) is 1.44. The molecule has 0 saturated heterocycles. The van der Waals surface area contributed by atoms with Crippen LogP contribution >= 0.6 is 13.3 Å². The third-order valence-electron chi connectivity index (χ3n) is 1.89. The van der Waals surface area contributed by atoms with Crippen molar-refractivity contribution in [3.8, 4) is 0 Å². The number of hydrogen-bond donors (Lipinski definition) is 0. The second kappa shape index (κ2) is 9.35. The van der Waals surface area contributed by atoms with Crippen molar-refractivity contribution < 1.29 is 17.8 Å². The molecule has 0 aliphatic carbocycles. The van der Waals surface area contributed by atoms with Gasteiger partial charge in [-0.25, -0.2) is 0 Å². The van der Waals surface area contributed by atoms with E-state index in [1.807, 2.05) is 17.8 Å². The minimum atomic E-state index is 0.960. The summed E-state index contributed by atoms with van der Waals surface area (Å²) >= 11 is 4.86. The molecule has 94 valence electrons. The zero-order chi connectivity index (χ0) is 12.6. The van der Waals surface area contributed by atoms with E-state index in [9.17, 15) is 0 Å². The zero-order valence-electron chi connectivity index (χ0n) is 10.2. The summed E-state index contributed by atoms with van der Waals surface area (Å²) in [4.78, 5) is 4.32. The molecular formula is C12H19BrN2Pt. The molecule has 0 amide bonds. The van der Waals surface area contributed by atoms with Crippen molar-refractivity contribution in [2.75, 3.05) is 28.2 Å². The predicted molar refractivity (Wildman–Crippen MR) is 69.0 cm³/mol. The van der Waals surface area contributed by atoms with Gasteiger partial charge in [0, 0.05) is 13.1 Å². The summed E-state index contributed by atoms with van der Waals surface area (Å²) in [6.45, 7) is 1.92. The Balaban J connectivity index is 0.00000106. The van der Waals surface area contributed by atoms with Crippen molar-refractivity contribution in [3.63, 3.8) is 0 Å². The second-order valence-electron chi connectivity index (χ2n) is 4.18. The Bertz CT molecular complexity index is 265. The van der Waals surface area contributed by atoms with Crippen molar-refractivity contribution in [2.24, 2.45) is 0 Å². The van der Waals surface area contributed by atoms with Gasteiger partial charge in [0.15, 0.2) is 0 Å². The molecule has 0 aliphatic heterocycles. The maximum absolute atomic E-state index is 3.42. The van der Waals surface area contributed by atoms with Crippen molar-refractivity contribution >= 4 is 13.3 Å². The number of benzene rings is 1. The van der Waals surface area contributed by atoms with E-state index < -0.39 is 0 Å². The molecule has 1 aromatic carbocycles. The minimum absolute atomic E-state index is 0.960. The van der Waals surface area contributed by atoms with Crippen LogP contribution in [0.4, 0.5) is 0 Å². The van der Waals surface area contributed by atoms with E-state index in [1.165, 1.54) is 11.1 Å². The molecule has 1 rings (SSSR count). The summed E-state index contributed by atoms with van der Waals surface area (Å²) in [5.74, 6) is 0. The van der Waals surface area contributed by atoms with Crippen LogP contribution in [0.1, 0.15) is 11.1 Å². The monoisotopic (exact) mass is 465 g/mol. The van der Waals surface area contributed by atoms with E-state index in [-0.39, 0.29) is 0 Å². The quantitative estimate of drug-likeness (QED) is 0.630. The molecule has 0 aromatic heterocycles. The first-order valence-corrected chi connectivity index (χ1v) is 9.96. The van der Waals surface area contributed by atoms with Gasteiger partial charge in [0.2, 0.25) is 0 Å². The summed E-state index contributed by atoms with van der Waals surface area (Å²) in [6.07, 6.45) is 0. The number of hydrogen-bond acceptors (Lipinski definition) is 2. The Hall–Kier alpha value is 0.308. The molecule has 1 aromatic rings. The molecule has 0 saturated carbocycles. The molecule has 0 radical (unpaired) electrons. The zero-order valence-corrected chi connectivity index (χ0v) is 14.1. The van der Waals surface area contributed by atoms with E-state index in [0.717, 1.165) is 13.1 Å². The molecule has 4 heteroatoms. The normalized spacial score (nSPS) is 10.3. The van der Waals surface area contributed by atoms with Crippen molar-refractivity contribution in [2.45, 2.75) is 13.1 Å². The van der Waals surface area contributed by atoms with Crippen LogP contribution < -0.4 is 0 Å². The Kier molecular flexibility index (Phi) is 9.53. The fourth-order valence-corrected chi connectivity index (χ4v) is 1.44. The molecule has 0 bridgehead atoms. The summed E-state index contributed by atoms with van der Waals surface area (Å²) in [6, 6.07) is 9.78. The summed E-state index contributed by atoms with van der Waals surface area (Å²) < 4.78 is 0. The first-order chi connectivity index (χ1) is 7.58. The van der Waals surface area contributed by atoms with E-state index >= 15 is 0 Å². The van der Waals surface area contributed by atoms with Gasteiger partial charge in [-0.1, -0.05) is 0 Å². The fraction of sp³-hybridized carbons (Fsp3) is 0.500. The molecule has 0 unspecified atom stereocenters. The van der Waals surface area contributed by atoms with Gasteiger partial charge >= 0.3 is 31.1 Å². The molecule has 0 aliphatic rings. The second-order valence-corrected chi connectivity index (χ2v) is 4.18. The topological polar surface area (TPSA) is 6.48 Å². The van der Waals surface area contributed by atoms with E-state index in [0.29, 0.717) is 0 Å². The van der Waals surface area contributed by atoms with Crippen molar-refractivity contribution in [1.29, 1.82) is 0 Å². The number of halogens is 1. The van der Waals surface area contributed by atoms with Gasteiger partial charge in [-0.15, -0.1) is 11.1 Å². The van der Waals surface area contributed by atoms with Crippen LogP contribution in [0.2, 0.25) is 0 Å². The SMILES string of the molecule is CN(C)Cc1[c-]c(CN(C)C)ccc1.[Br][Pt+]. The van der Waals surface area contributed by atoms with Gasteiger partial charge in [0.25, 0.3) is 0 Å². The van der Waals surface area contributed by atoms with E-state index in [4.69, 9.17) is 0 Å². The van der Waals surface area contributed by atoms with Crippen molar-refractivity contribution in [3.05, 3.63) is 35.4 Å². The van der Waals surface area contributed by atoms with Crippen LogP contribution in [0.5, 0.6) is 0 Å². The maximum atomic E-state index is 3.42. The van der Waals surface area contributed by atoms with Gasteiger partial charge in [0.05, 0.1) is 0 Å².